The first-order valence-corrected chi connectivity index (χ1v) is 11.6. The van der Waals surface area contributed by atoms with E-state index in [-0.39, 0.29) is 25.7 Å². The maximum atomic E-state index is 12.0. The number of carboxylic acid groups (broad SMARTS) is 1. The number of aliphatic carboxylic acids is 1. The number of rotatable bonds is 13. The van der Waals surface area contributed by atoms with Crippen molar-refractivity contribution in [3.05, 3.63) is 29.3 Å². The molecule has 1 aliphatic heterocycles. The van der Waals surface area contributed by atoms with Crippen LogP contribution in [0.5, 0.6) is 5.75 Å². The first kappa shape index (κ1) is 24.5. The van der Waals surface area contributed by atoms with Crippen molar-refractivity contribution in [1.82, 2.24) is 5.32 Å². The molecule has 1 fully saturated rings. The Morgan fingerprint density at radius 3 is 2.88 bits per heavy atom. The molecular formula is C24H35NO7. The number of nitrogens with one attached hydrogen (secondary N) is 1. The highest BCUT2D eigenvalue weighted by atomic mass is 16.6. The summed E-state index contributed by atoms with van der Waals surface area (Å²) in [6.07, 6.45) is 5.02. The second kappa shape index (κ2) is 12.2. The van der Waals surface area contributed by atoms with Crippen LogP contribution in [0.1, 0.15) is 49.7 Å². The van der Waals surface area contributed by atoms with E-state index in [2.05, 4.69) is 11.4 Å². The lowest BCUT2D eigenvalue weighted by atomic mass is 9.74. The molecule has 0 radical (unpaired) electrons. The van der Waals surface area contributed by atoms with Crippen molar-refractivity contribution in [2.24, 2.45) is 11.8 Å². The molecule has 4 unspecified atom stereocenters. The number of hydrogen-bond donors (Lipinski definition) is 3. The van der Waals surface area contributed by atoms with Crippen LogP contribution in [0, 0.1) is 11.8 Å². The van der Waals surface area contributed by atoms with Crippen LogP contribution >= 0.6 is 0 Å². The molecule has 0 saturated carbocycles. The molecule has 1 aliphatic carbocycles. The number of ether oxygens (including phenoxy) is 3. The summed E-state index contributed by atoms with van der Waals surface area (Å²) in [5, 5.41) is 21.3. The third-order valence-corrected chi connectivity index (χ3v) is 6.46. The predicted octanol–water partition coefficient (Wildman–Crippen LogP) is 2.30. The summed E-state index contributed by atoms with van der Waals surface area (Å²) in [6, 6.07) is 5.97. The molecule has 178 valence electrons. The second-order valence-corrected chi connectivity index (χ2v) is 8.69. The number of benzene rings is 1. The van der Waals surface area contributed by atoms with Crippen molar-refractivity contribution in [2.45, 2.75) is 63.7 Å². The van der Waals surface area contributed by atoms with Gasteiger partial charge in [0.2, 0.25) is 0 Å². The zero-order valence-corrected chi connectivity index (χ0v) is 18.8. The van der Waals surface area contributed by atoms with Crippen LogP contribution in [0.25, 0.3) is 0 Å². The van der Waals surface area contributed by atoms with Gasteiger partial charge < -0.3 is 24.4 Å². The fourth-order valence-electron chi connectivity index (χ4n) is 4.68. The molecule has 1 saturated heterocycles. The zero-order valence-electron chi connectivity index (χ0n) is 18.8. The number of hydrogen-bond acceptors (Lipinski definition) is 7. The maximum Gasteiger partial charge on any atom is 0.344 e. The number of fused-ring (bicyclic) bond motifs is 2. The number of aliphatic hydroxyl groups is 1. The van der Waals surface area contributed by atoms with Gasteiger partial charge in [0.25, 0.3) is 0 Å². The Hall–Kier alpha value is -2.16. The van der Waals surface area contributed by atoms with E-state index < -0.39 is 18.2 Å². The first-order valence-electron chi connectivity index (χ1n) is 11.6. The number of esters is 1. The third kappa shape index (κ3) is 6.92. The minimum atomic E-state index is -0.805. The zero-order chi connectivity index (χ0) is 22.9. The summed E-state index contributed by atoms with van der Waals surface area (Å²) in [7, 11) is 1.75. The molecule has 0 aromatic heterocycles. The molecule has 0 bridgehead atoms. The molecule has 1 heterocycles. The molecule has 0 spiro atoms. The minimum absolute atomic E-state index is 0.138. The van der Waals surface area contributed by atoms with Gasteiger partial charge in [-0.1, -0.05) is 12.1 Å². The van der Waals surface area contributed by atoms with E-state index in [1.165, 1.54) is 5.56 Å². The summed E-state index contributed by atoms with van der Waals surface area (Å²) >= 11 is 0. The van der Waals surface area contributed by atoms with Gasteiger partial charge in [-0.15, -0.1) is 0 Å². The summed E-state index contributed by atoms with van der Waals surface area (Å²) < 4.78 is 17.1. The standard InChI is InChI=1S/C24H35NO7/c1-25-22(26)10-9-21-19-12-16-6-5-7-20(18(16)13-17(19)14-31-21)32-15-24(29)30-11-4-2-3-8-23(27)28/h5-7,17,19,21-22,25-26H,2-4,8-15H2,1H3,(H,27,28). The largest absolute Gasteiger partial charge is 0.482 e. The fraction of sp³-hybridized carbons (Fsp3) is 0.667. The van der Waals surface area contributed by atoms with Crippen molar-refractivity contribution in [3.8, 4) is 5.75 Å². The lowest BCUT2D eigenvalue weighted by molar-refractivity contribution is -0.146. The summed E-state index contributed by atoms with van der Waals surface area (Å²) in [5.41, 5.74) is 2.38. The van der Waals surface area contributed by atoms with Crippen molar-refractivity contribution >= 4 is 11.9 Å². The van der Waals surface area contributed by atoms with Crippen LogP contribution in [0.15, 0.2) is 18.2 Å². The lowest BCUT2D eigenvalue weighted by Gasteiger charge is -2.30. The maximum absolute atomic E-state index is 12.0. The van der Waals surface area contributed by atoms with E-state index in [1.54, 1.807) is 7.05 Å². The molecule has 0 amide bonds. The van der Waals surface area contributed by atoms with E-state index in [1.807, 2.05) is 12.1 Å². The Morgan fingerprint density at radius 2 is 2.09 bits per heavy atom. The van der Waals surface area contributed by atoms with E-state index >= 15 is 0 Å². The molecule has 3 rings (SSSR count). The molecular weight excluding hydrogens is 414 g/mol. The van der Waals surface area contributed by atoms with Crippen LogP contribution in [-0.2, 0) is 31.9 Å². The van der Waals surface area contributed by atoms with Gasteiger partial charge in [0.1, 0.15) is 12.0 Å². The quantitative estimate of drug-likeness (QED) is 0.239. The lowest BCUT2D eigenvalue weighted by Crippen LogP contribution is -2.31. The molecule has 4 atom stereocenters. The number of unbranched alkanes of at least 4 members (excludes halogenated alkanes) is 2. The van der Waals surface area contributed by atoms with E-state index in [0.29, 0.717) is 44.1 Å². The topological polar surface area (TPSA) is 114 Å². The average molecular weight is 450 g/mol. The fourth-order valence-corrected chi connectivity index (χ4v) is 4.68. The highest BCUT2D eigenvalue weighted by Gasteiger charge is 2.41. The summed E-state index contributed by atoms with van der Waals surface area (Å²) in [4.78, 5) is 22.5. The van der Waals surface area contributed by atoms with Gasteiger partial charge in [0.05, 0.1) is 19.3 Å². The number of carbonyl (C=O) groups excluding carboxylic acids is 1. The Bertz CT molecular complexity index is 769. The van der Waals surface area contributed by atoms with Gasteiger partial charge in [-0.3, -0.25) is 10.1 Å². The predicted molar refractivity (Wildman–Crippen MR) is 117 cm³/mol. The minimum Gasteiger partial charge on any atom is -0.482 e. The number of carboxylic acids is 1. The van der Waals surface area contributed by atoms with Crippen molar-refractivity contribution in [3.63, 3.8) is 0 Å². The monoisotopic (exact) mass is 449 g/mol. The first-order chi connectivity index (χ1) is 15.5. The molecule has 3 N–H and O–H groups in total. The highest BCUT2D eigenvalue weighted by molar-refractivity contribution is 5.71. The van der Waals surface area contributed by atoms with Gasteiger partial charge in [0, 0.05) is 6.42 Å². The molecule has 8 nitrogen and oxygen atoms in total. The second-order valence-electron chi connectivity index (χ2n) is 8.69. The van der Waals surface area contributed by atoms with Gasteiger partial charge >= 0.3 is 11.9 Å². The van der Waals surface area contributed by atoms with Gasteiger partial charge in [-0.05, 0) is 81.0 Å². The Labute approximate surface area is 189 Å². The average Bonchev–Trinajstić information content (AvgIpc) is 3.18. The van der Waals surface area contributed by atoms with Crippen molar-refractivity contribution in [2.75, 3.05) is 26.9 Å². The molecule has 1 aromatic carbocycles. The third-order valence-electron chi connectivity index (χ3n) is 6.46. The van der Waals surface area contributed by atoms with Crippen LogP contribution in [0.3, 0.4) is 0 Å². The van der Waals surface area contributed by atoms with Crippen LogP contribution < -0.4 is 10.1 Å². The molecule has 2 aliphatic rings. The van der Waals surface area contributed by atoms with Crippen LogP contribution in [0.2, 0.25) is 0 Å². The van der Waals surface area contributed by atoms with Gasteiger partial charge in [0.15, 0.2) is 6.61 Å². The Balaban J connectivity index is 1.46. The molecule has 1 aromatic rings. The van der Waals surface area contributed by atoms with Crippen LogP contribution in [0.4, 0.5) is 0 Å². The summed E-state index contributed by atoms with van der Waals surface area (Å²) in [6.45, 7) is 0.850. The van der Waals surface area contributed by atoms with Crippen LogP contribution in [-0.4, -0.2) is 61.4 Å². The smallest absolute Gasteiger partial charge is 0.344 e. The van der Waals surface area contributed by atoms with E-state index in [4.69, 9.17) is 19.3 Å². The normalized spacial score (nSPS) is 22.6. The Morgan fingerprint density at radius 1 is 1.25 bits per heavy atom. The van der Waals surface area contributed by atoms with Gasteiger partial charge in [-0.2, -0.15) is 0 Å². The van der Waals surface area contributed by atoms with Crippen molar-refractivity contribution < 1.29 is 34.0 Å². The summed E-state index contributed by atoms with van der Waals surface area (Å²) in [5.74, 6) is 0.366. The molecule has 32 heavy (non-hydrogen) atoms. The molecule has 8 heteroatoms. The highest BCUT2D eigenvalue weighted by Crippen LogP contribution is 2.42. The van der Waals surface area contributed by atoms with E-state index in [0.717, 1.165) is 30.6 Å². The van der Waals surface area contributed by atoms with E-state index in [9.17, 15) is 14.7 Å². The SMILES string of the molecule is CNC(O)CCC1OCC2Cc3c(cccc3OCC(=O)OCCCCCC(=O)O)CC21. The van der Waals surface area contributed by atoms with Gasteiger partial charge in [-0.25, -0.2) is 4.79 Å². The number of aliphatic hydroxyl groups excluding tert-OH is 1. The van der Waals surface area contributed by atoms with Crippen molar-refractivity contribution in [1.29, 1.82) is 0 Å². The Kier molecular flexibility index (Phi) is 9.32. The number of carbonyl (C=O) groups is 2.